The number of ether oxygens (including phenoxy) is 1. The van der Waals surface area contributed by atoms with Crippen molar-refractivity contribution in [2.75, 3.05) is 39.2 Å². The standard InChI is InChI=1S/C23H26N6O2/c1-28(2)21-14-19(26-22(27-21)20-15-24-9-10-25-20)16-7-11-29(12-8-16)23(30)17-5-4-6-18(13-17)31-3/h4-6,9-10,13-16H,7-8,11-12H2,1-3H3. The number of hydrogen-bond donors (Lipinski definition) is 0. The second-order valence-corrected chi connectivity index (χ2v) is 7.76. The number of carbonyl (C=O) groups excluding carboxylic acids is 1. The molecule has 0 N–H and O–H groups in total. The zero-order chi connectivity index (χ0) is 21.8. The van der Waals surface area contributed by atoms with Crippen LogP contribution < -0.4 is 9.64 Å². The molecule has 1 aliphatic rings. The molecule has 1 amide bonds. The van der Waals surface area contributed by atoms with Crippen LogP contribution in [-0.4, -0.2) is 65.0 Å². The molecule has 1 fully saturated rings. The fourth-order valence-electron chi connectivity index (χ4n) is 3.74. The van der Waals surface area contributed by atoms with E-state index >= 15 is 0 Å². The molecular formula is C23H26N6O2. The number of hydrogen-bond acceptors (Lipinski definition) is 7. The number of carbonyl (C=O) groups is 1. The van der Waals surface area contributed by atoms with E-state index in [0.29, 0.717) is 35.9 Å². The van der Waals surface area contributed by atoms with Gasteiger partial charge < -0.3 is 14.5 Å². The first-order valence-corrected chi connectivity index (χ1v) is 10.3. The predicted octanol–water partition coefficient (Wildman–Crippen LogP) is 3.03. The van der Waals surface area contributed by atoms with Gasteiger partial charge in [-0.2, -0.15) is 0 Å². The van der Waals surface area contributed by atoms with Crippen molar-refractivity contribution in [2.24, 2.45) is 0 Å². The first-order chi connectivity index (χ1) is 15.0. The Bertz CT molecular complexity index is 1050. The van der Waals surface area contributed by atoms with Crippen LogP contribution in [0.2, 0.25) is 0 Å². The fraction of sp³-hybridized carbons (Fsp3) is 0.348. The lowest BCUT2D eigenvalue weighted by atomic mass is 9.92. The maximum atomic E-state index is 12.9. The summed E-state index contributed by atoms with van der Waals surface area (Å²) in [6, 6.07) is 9.34. The number of methoxy groups -OCH3 is 1. The van der Waals surface area contributed by atoms with Crippen LogP contribution in [-0.2, 0) is 0 Å². The van der Waals surface area contributed by atoms with Gasteiger partial charge in [0.25, 0.3) is 5.91 Å². The predicted molar refractivity (Wildman–Crippen MR) is 118 cm³/mol. The minimum absolute atomic E-state index is 0.0364. The van der Waals surface area contributed by atoms with Crippen molar-refractivity contribution in [3.63, 3.8) is 0 Å². The van der Waals surface area contributed by atoms with E-state index in [9.17, 15) is 4.79 Å². The van der Waals surface area contributed by atoms with Gasteiger partial charge in [0, 0.05) is 62.8 Å². The van der Waals surface area contributed by atoms with Crippen molar-refractivity contribution in [3.05, 3.63) is 60.2 Å². The maximum absolute atomic E-state index is 12.9. The molecule has 0 atom stereocenters. The molecule has 0 saturated carbocycles. The van der Waals surface area contributed by atoms with Gasteiger partial charge in [-0.15, -0.1) is 0 Å². The Morgan fingerprint density at radius 3 is 2.61 bits per heavy atom. The molecule has 3 heterocycles. The fourth-order valence-corrected chi connectivity index (χ4v) is 3.74. The van der Waals surface area contributed by atoms with Gasteiger partial charge in [0.05, 0.1) is 13.3 Å². The number of likely N-dealkylation sites (tertiary alicyclic amines) is 1. The van der Waals surface area contributed by atoms with Gasteiger partial charge >= 0.3 is 0 Å². The van der Waals surface area contributed by atoms with Crippen LogP contribution in [0.1, 0.15) is 34.8 Å². The summed E-state index contributed by atoms with van der Waals surface area (Å²) in [7, 11) is 5.53. The third-order valence-corrected chi connectivity index (χ3v) is 5.50. The summed E-state index contributed by atoms with van der Waals surface area (Å²) in [6.45, 7) is 1.37. The van der Waals surface area contributed by atoms with E-state index in [1.165, 1.54) is 0 Å². The SMILES string of the molecule is COc1cccc(C(=O)N2CCC(c3cc(N(C)C)nc(-c4cnccn4)n3)CC2)c1. The third kappa shape index (κ3) is 4.63. The normalized spacial score (nSPS) is 14.4. The van der Waals surface area contributed by atoms with Crippen LogP contribution in [0.3, 0.4) is 0 Å². The molecule has 0 radical (unpaired) electrons. The minimum atomic E-state index is 0.0364. The Labute approximate surface area is 181 Å². The van der Waals surface area contributed by atoms with Gasteiger partial charge in [-0.1, -0.05) is 6.07 Å². The van der Waals surface area contributed by atoms with Crippen molar-refractivity contribution in [2.45, 2.75) is 18.8 Å². The van der Waals surface area contributed by atoms with Crippen molar-refractivity contribution >= 4 is 11.7 Å². The quantitative estimate of drug-likeness (QED) is 0.630. The Kier molecular flexibility index (Phi) is 6.06. The highest BCUT2D eigenvalue weighted by atomic mass is 16.5. The Morgan fingerprint density at radius 2 is 1.94 bits per heavy atom. The summed E-state index contributed by atoms with van der Waals surface area (Å²) in [5, 5.41) is 0. The molecule has 31 heavy (non-hydrogen) atoms. The molecule has 1 aromatic carbocycles. The summed E-state index contributed by atoms with van der Waals surface area (Å²) < 4.78 is 5.25. The molecule has 0 aliphatic carbocycles. The third-order valence-electron chi connectivity index (χ3n) is 5.50. The zero-order valence-electron chi connectivity index (χ0n) is 18.0. The number of anilines is 1. The van der Waals surface area contributed by atoms with E-state index in [0.717, 1.165) is 24.4 Å². The van der Waals surface area contributed by atoms with Gasteiger partial charge in [0.1, 0.15) is 17.3 Å². The Balaban J connectivity index is 1.51. The molecule has 8 nitrogen and oxygen atoms in total. The van der Waals surface area contributed by atoms with Crippen molar-refractivity contribution in [3.8, 4) is 17.3 Å². The maximum Gasteiger partial charge on any atom is 0.253 e. The van der Waals surface area contributed by atoms with E-state index in [1.54, 1.807) is 31.8 Å². The monoisotopic (exact) mass is 418 g/mol. The lowest BCUT2D eigenvalue weighted by Gasteiger charge is -2.32. The second kappa shape index (κ2) is 9.07. The van der Waals surface area contributed by atoms with Crippen molar-refractivity contribution in [1.29, 1.82) is 0 Å². The van der Waals surface area contributed by atoms with E-state index in [-0.39, 0.29) is 11.8 Å². The number of benzene rings is 1. The average molecular weight is 419 g/mol. The van der Waals surface area contributed by atoms with Crippen LogP contribution in [0.5, 0.6) is 5.75 Å². The van der Waals surface area contributed by atoms with E-state index in [1.807, 2.05) is 48.2 Å². The number of nitrogens with zero attached hydrogens (tertiary/aromatic N) is 6. The number of amides is 1. The summed E-state index contributed by atoms with van der Waals surface area (Å²) in [5.74, 6) is 2.39. The number of aromatic nitrogens is 4. The molecule has 1 aliphatic heterocycles. The Morgan fingerprint density at radius 1 is 1.13 bits per heavy atom. The lowest BCUT2D eigenvalue weighted by Crippen LogP contribution is -2.38. The molecule has 0 bridgehead atoms. The van der Waals surface area contributed by atoms with Crippen LogP contribution >= 0.6 is 0 Å². The molecule has 1 saturated heterocycles. The van der Waals surface area contributed by atoms with Gasteiger partial charge in [-0.05, 0) is 31.0 Å². The van der Waals surface area contributed by atoms with Crippen molar-refractivity contribution < 1.29 is 9.53 Å². The molecule has 0 unspecified atom stereocenters. The molecule has 2 aromatic heterocycles. The van der Waals surface area contributed by atoms with Crippen LogP contribution in [0.15, 0.2) is 48.9 Å². The van der Waals surface area contributed by atoms with Crippen LogP contribution in [0, 0.1) is 0 Å². The average Bonchev–Trinajstić information content (AvgIpc) is 2.84. The summed E-state index contributed by atoms with van der Waals surface area (Å²) in [6.07, 6.45) is 6.64. The number of rotatable bonds is 5. The van der Waals surface area contributed by atoms with Crippen LogP contribution in [0.25, 0.3) is 11.5 Å². The molecule has 160 valence electrons. The lowest BCUT2D eigenvalue weighted by molar-refractivity contribution is 0.0711. The summed E-state index contributed by atoms with van der Waals surface area (Å²) in [4.78, 5) is 34.7. The number of piperidine rings is 1. The largest absolute Gasteiger partial charge is 0.497 e. The van der Waals surface area contributed by atoms with Gasteiger partial charge in [-0.3, -0.25) is 9.78 Å². The van der Waals surface area contributed by atoms with E-state index in [4.69, 9.17) is 9.72 Å². The highest BCUT2D eigenvalue weighted by Crippen LogP contribution is 2.30. The molecule has 4 rings (SSSR count). The molecule has 3 aromatic rings. The van der Waals surface area contributed by atoms with E-state index < -0.39 is 0 Å². The summed E-state index contributed by atoms with van der Waals surface area (Å²) in [5.41, 5.74) is 2.28. The van der Waals surface area contributed by atoms with Gasteiger partial charge in [0.15, 0.2) is 5.82 Å². The topological polar surface area (TPSA) is 84.3 Å². The first kappa shape index (κ1) is 20.7. The zero-order valence-corrected chi connectivity index (χ0v) is 18.0. The first-order valence-electron chi connectivity index (χ1n) is 10.3. The molecular weight excluding hydrogens is 392 g/mol. The Hall–Kier alpha value is -3.55. The van der Waals surface area contributed by atoms with E-state index in [2.05, 4.69) is 15.0 Å². The second-order valence-electron chi connectivity index (χ2n) is 7.76. The molecule has 0 spiro atoms. The highest BCUT2D eigenvalue weighted by molar-refractivity contribution is 5.94. The minimum Gasteiger partial charge on any atom is -0.497 e. The van der Waals surface area contributed by atoms with Gasteiger partial charge in [0.2, 0.25) is 0 Å². The van der Waals surface area contributed by atoms with Crippen molar-refractivity contribution in [1.82, 2.24) is 24.8 Å². The van der Waals surface area contributed by atoms with Crippen LogP contribution in [0.4, 0.5) is 5.82 Å². The summed E-state index contributed by atoms with van der Waals surface area (Å²) >= 11 is 0. The highest BCUT2D eigenvalue weighted by Gasteiger charge is 2.26. The smallest absolute Gasteiger partial charge is 0.253 e. The molecule has 8 heteroatoms. The van der Waals surface area contributed by atoms with Gasteiger partial charge in [-0.25, -0.2) is 15.0 Å².